The average molecular weight is 265 g/mol. The molecule has 0 aromatic carbocycles. The fraction of sp³-hybridized carbons (Fsp3) is 0.667. The van der Waals surface area contributed by atoms with E-state index in [9.17, 15) is 0 Å². The highest BCUT2D eigenvalue weighted by Crippen LogP contribution is 2.24. The molecule has 0 unspecified atom stereocenters. The third-order valence-electron chi connectivity index (χ3n) is 3.27. The molecule has 19 heavy (non-hydrogen) atoms. The zero-order valence-corrected chi connectivity index (χ0v) is 12.9. The minimum absolute atomic E-state index is 0.857. The van der Waals surface area contributed by atoms with Crippen LogP contribution in [0.3, 0.4) is 0 Å². The lowest BCUT2D eigenvalue weighted by atomic mass is 10.1. The SMILES string of the molecule is CCCNCCN(C)Cc1ncc(C)c(OC)c1C. The minimum atomic E-state index is 0.857. The molecule has 0 amide bonds. The number of nitrogens with zero attached hydrogens (tertiary/aromatic N) is 2. The van der Waals surface area contributed by atoms with Gasteiger partial charge in [0.15, 0.2) is 0 Å². The lowest BCUT2D eigenvalue weighted by molar-refractivity contribution is 0.318. The van der Waals surface area contributed by atoms with Crippen molar-refractivity contribution in [2.45, 2.75) is 33.7 Å². The Balaban J connectivity index is 2.57. The molecule has 0 aliphatic rings. The molecular formula is C15H27N3O. The van der Waals surface area contributed by atoms with Gasteiger partial charge in [-0.3, -0.25) is 9.88 Å². The minimum Gasteiger partial charge on any atom is -0.496 e. The van der Waals surface area contributed by atoms with Gasteiger partial charge in [0.1, 0.15) is 5.75 Å². The van der Waals surface area contributed by atoms with Crippen molar-refractivity contribution in [3.63, 3.8) is 0 Å². The van der Waals surface area contributed by atoms with Gasteiger partial charge in [0.2, 0.25) is 0 Å². The summed E-state index contributed by atoms with van der Waals surface area (Å²) in [5.74, 6) is 0.961. The van der Waals surface area contributed by atoms with Crippen LogP contribution < -0.4 is 10.1 Å². The molecule has 0 spiro atoms. The van der Waals surface area contributed by atoms with Gasteiger partial charge in [-0.05, 0) is 33.9 Å². The Kier molecular flexibility index (Phi) is 6.81. The fourth-order valence-corrected chi connectivity index (χ4v) is 2.14. The van der Waals surface area contributed by atoms with E-state index in [-0.39, 0.29) is 0 Å². The van der Waals surface area contributed by atoms with Crippen molar-refractivity contribution in [2.75, 3.05) is 33.8 Å². The van der Waals surface area contributed by atoms with Crippen LogP contribution >= 0.6 is 0 Å². The highest BCUT2D eigenvalue weighted by Gasteiger charge is 2.10. The number of likely N-dealkylation sites (N-methyl/N-ethyl adjacent to an activating group) is 1. The summed E-state index contributed by atoms with van der Waals surface area (Å²) in [7, 11) is 3.85. The van der Waals surface area contributed by atoms with E-state index in [1.165, 1.54) is 6.42 Å². The van der Waals surface area contributed by atoms with Gasteiger partial charge in [-0.2, -0.15) is 0 Å². The number of nitrogens with one attached hydrogen (secondary N) is 1. The maximum Gasteiger partial charge on any atom is 0.128 e. The zero-order chi connectivity index (χ0) is 14.3. The number of hydrogen-bond donors (Lipinski definition) is 1. The summed E-state index contributed by atoms with van der Waals surface area (Å²) in [6, 6.07) is 0. The number of rotatable bonds is 8. The van der Waals surface area contributed by atoms with Crippen molar-refractivity contribution in [2.24, 2.45) is 0 Å². The molecule has 1 aromatic rings. The van der Waals surface area contributed by atoms with Gasteiger partial charge in [-0.25, -0.2) is 0 Å². The molecule has 1 rings (SSSR count). The molecule has 0 bridgehead atoms. The molecule has 4 nitrogen and oxygen atoms in total. The topological polar surface area (TPSA) is 37.4 Å². The quantitative estimate of drug-likeness (QED) is 0.731. The Morgan fingerprint density at radius 2 is 2.05 bits per heavy atom. The molecule has 0 aliphatic carbocycles. The molecule has 0 saturated carbocycles. The highest BCUT2D eigenvalue weighted by molar-refractivity contribution is 5.40. The molecule has 108 valence electrons. The van der Waals surface area contributed by atoms with E-state index in [0.29, 0.717) is 0 Å². The Hall–Kier alpha value is -1.13. The van der Waals surface area contributed by atoms with E-state index < -0.39 is 0 Å². The smallest absolute Gasteiger partial charge is 0.128 e. The van der Waals surface area contributed by atoms with E-state index in [2.05, 4.69) is 36.1 Å². The monoisotopic (exact) mass is 265 g/mol. The number of ether oxygens (including phenoxy) is 1. The van der Waals surface area contributed by atoms with Crippen LogP contribution in [0.5, 0.6) is 5.75 Å². The Morgan fingerprint density at radius 1 is 1.32 bits per heavy atom. The van der Waals surface area contributed by atoms with Crippen molar-refractivity contribution in [1.29, 1.82) is 0 Å². The molecule has 0 radical (unpaired) electrons. The maximum atomic E-state index is 5.44. The third-order valence-corrected chi connectivity index (χ3v) is 3.27. The summed E-state index contributed by atoms with van der Waals surface area (Å²) in [5.41, 5.74) is 3.34. The second kappa shape index (κ2) is 8.12. The van der Waals surface area contributed by atoms with Crippen molar-refractivity contribution < 1.29 is 4.74 Å². The first-order chi connectivity index (χ1) is 9.10. The second-order valence-corrected chi connectivity index (χ2v) is 5.03. The van der Waals surface area contributed by atoms with Crippen LogP contribution in [-0.4, -0.2) is 43.7 Å². The van der Waals surface area contributed by atoms with Gasteiger partial charge in [0.25, 0.3) is 0 Å². The van der Waals surface area contributed by atoms with E-state index >= 15 is 0 Å². The summed E-state index contributed by atoms with van der Waals surface area (Å²) < 4.78 is 5.44. The maximum absolute atomic E-state index is 5.44. The number of pyridine rings is 1. The first-order valence-electron chi connectivity index (χ1n) is 6.98. The van der Waals surface area contributed by atoms with Crippen LogP contribution in [0.15, 0.2) is 6.20 Å². The summed E-state index contributed by atoms with van der Waals surface area (Å²) in [6.07, 6.45) is 3.07. The molecule has 0 fully saturated rings. The Labute approximate surface area is 117 Å². The van der Waals surface area contributed by atoms with Crippen molar-refractivity contribution in [3.8, 4) is 5.75 Å². The molecule has 4 heteroatoms. The van der Waals surface area contributed by atoms with Crippen LogP contribution in [0.1, 0.15) is 30.2 Å². The van der Waals surface area contributed by atoms with Gasteiger partial charge in [0.05, 0.1) is 12.8 Å². The third kappa shape index (κ3) is 4.80. The van der Waals surface area contributed by atoms with E-state index in [4.69, 9.17) is 4.74 Å². The first-order valence-corrected chi connectivity index (χ1v) is 6.98. The lowest BCUT2D eigenvalue weighted by Crippen LogP contribution is -2.29. The van der Waals surface area contributed by atoms with Crippen LogP contribution in [0.25, 0.3) is 0 Å². The fourth-order valence-electron chi connectivity index (χ4n) is 2.14. The largest absolute Gasteiger partial charge is 0.496 e. The van der Waals surface area contributed by atoms with Gasteiger partial charge in [-0.15, -0.1) is 0 Å². The van der Waals surface area contributed by atoms with Crippen LogP contribution in [0, 0.1) is 13.8 Å². The number of aryl methyl sites for hydroxylation is 1. The van der Waals surface area contributed by atoms with Crippen molar-refractivity contribution in [3.05, 3.63) is 23.0 Å². The highest BCUT2D eigenvalue weighted by atomic mass is 16.5. The predicted molar refractivity (Wildman–Crippen MR) is 79.8 cm³/mol. The summed E-state index contributed by atoms with van der Waals surface area (Å²) >= 11 is 0. The summed E-state index contributed by atoms with van der Waals surface area (Å²) in [5, 5.41) is 3.41. The Bertz CT molecular complexity index is 393. The molecule has 1 heterocycles. The van der Waals surface area contributed by atoms with Gasteiger partial charge in [-0.1, -0.05) is 6.92 Å². The first kappa shape index (κ1) is 15.9. The van der Waals surface area contributed by atoms with E-state index in [1.807, 2.05) is 13.1 Å². The second-order valence-electron chi connectivity index (χ2n) is 5.03. The molecular weight excluding hydrogens is 238 g/mol. The van der Waals surface area contributed by atoms with E-state index in [1.54, 1.807) is 7.11 Å². The summed E-state index contributed by atoms with van der Waals surface area (Å²) in [6.45, 7) is 10.3. The summed E-state index contributed by atoms with van der Waals surface area (Å²) in [4.78, 5) is 6.81. The standard InChI is InChI=1S/C15H27N3O/c1-6-7-16-8-9-18(4)11-14-13(3)15(19-5)12(2)10-17-14/h10,16H,6-9,11H2,1-5H3. The van der Waals surface area contributed by atoms with Gasteiger partial charge < -0.3 is 10.1 Å². The molecule has 1 aromatic heterocycles. The Morgan fingerprint density at radius 3 is 2.68 bits per heavy atom. The number of hydrogen-bond acceptors (Lipinski definition) is 4. The van der Waals surface area contributed by atoms with E-state index in [0.717, 1.165) is 48.7 Å². The van der Waals surface area contributed by atoms with Crippen molar-refractivity contribution >= 4 is 0 Å². The van der Waals surface area contributed by atoms with Crippen LogP contribution in [-0.2, 0) is 6.54 Å². The van der Waals surface area contributed by atoms with Crippen molar-refractivity contribution in [1.82, 2.24) is 15.2 Å². The molecule has 0 aliphatic heterocycles. The zero-order valence-electron chi connectivity index (χ0n) is 12.9. The molecule has 1 N–H and O–H groups in total. The molecule has 0 saturated heterocycles. The normalized spacial score (nSPS) is 11.1. The lowest BCUT2D eigenvalue weighted by Gasteiger charge is -2.19. The average Bonchev–Trinajstić information content (AvgIpc) is 2.39. The van der Waals surface area contributed by atoms with Crippen LogP contribution in [0.4, 0.5) is 0 Å². The molecule has 0 atom stereocenters. The number of methoxy groups -OCH3 is 1. The van der Waals surface area contributed by atoms with Gasteiger partial charge in [0, 0.05) is 37.0 Å². The predicted octanol–water partition coefficient (Wildman–Crippen LogP) is 2.14. The number of aromatic nitrogens is 1. The van der Waals surface area contributed by atoms with Gasteiger partial charge >= 0.3 is 0 Å². The van der Waals surface area contributed by atoms with Crippen LogP contribution in [0.2, 0.25) is 0 Å².